The third-order valence-electron chi connectivity index (χ3n) is 3.72. The molecule has 4 heterocycles. The molecule has 1 N–H and O–H groups in total. The van der Waals surface area contributed by atoms with E-state index in [0.717, 1.165) is 11.3 Å². The Morgan fingerprint density at radius 2 is 2.08 bits per heavy atom. The van der Waals surface area contributed by atoms with Crippen molar-refractivity contribution in [1.29, 1.82) is 0 Å². The van der Waals surface area contributed by atoms with E-state index in [0.29, 0.717) is 23.1 Å². The SMILES string of the molecule is CCC(Nc1ncncc1-c1nc(-c2cccs2)no1)c1cccs1. The van der Waals surface area contributed by atoms with E-state index < -0.39 is 0 Å². The Morgan fingerprint density at radius 1 is 1.20 bits per heavy atom. The van der Waals surface area contributed by atoms with Crippen LogP contribution in [0.15, 0.2) is 52.1 Å². The molecule has 0 saturated carbocycles. The fourth-order valence-electron chi connectivity index (χ4n) is 2.47. The fraction of sp³-hybridized carbons (Fsp3) is 0.176. The average molecular weight is 369 g/mol. The fourth-order valence-corrected chi connectivity index (χ4v) is 3.98. The van der Waals surface area contributed by atoms with Crippen LogP contribution >= 0.6 is 22.7 Å². The monoisotopic (exact) mass is 369 g/mol. The van der Waals surface area contributed by atoms with Crippen LogP contribution in [0.4, 0.5) is 5.82 Å². The standard InChI is InChI=1S/C17H15N5OS2/c1-2-12(13-5-3-7-24-13)20-15-11(9-18-10-19-15)17-21-16(22-23-17)14-6-4-8-25-14/h3-10,12H,2H2,1H3,(H,18,19,20). The maximum atomic E-state index is 5.45. The van der Waals surface area contributed by atoms with Crippen molar-refractivity contribution in [2.24, 2.45) is 0 Å². The number of thiophene rings is 2. The Labute approximate surface area is 152 Å². The first-order chi connectivity index (χ1) is 12.3. The van der Waals surface area contributed by atoms with Crippen molar-refractivity contribution >= 4 is 28.5 Å². The molecule has 0 aliphatic rings. The Balaban J connectivity index is 1.65. The second-order valence-electron chi connectivity index (χ2n) is 5.31. The second-order valence-corrected chi connectivity index (χ2v) is 7.23. The van der Waals surface area contributed by atoms with E-state index >= 15 is 0 Å². The van der Waals surface area contributed by atoms with Crippen LogP contribution in [0.25, 0.3) is 22.2 Å². The summed E-state index contributed by atoms with van der Waals surface area (Å²) in [6.07, 6.45) is 4.15. The number of nitrogens with zero attached hydrogens (tertiary/aromatic N) is 4. The molecule has 4 aromatic rings. The van der Waals surface area contributed by atoms with Crippen LogP contribution in [-0.2, 0) is 0 Å². The molecule has 8 heteroatoms. The highest BCUT2D eigenvalue weighted by atomic mass is 32.1. The van der Waals surface area contributed by atoms with Gasteiger partial charge in [0.05, 0.1) is 10.9 Å². The lowest BCUT2D eigenvalue weighted by Gasteiger charge is -2.17. The first-order valence-corrected chi connectivity index (χ1v) is 9.59. The van der Waals surface area contributed by atoms with Gasteiger partial charge in [-0.2, -0.15) is 4.98 Å². The topological polar surface area (TPSA) is 76.7 Å². The first-order valence-electron chi connectivity index (χ1n) is 7.83. The average Bonchev–Trinajstić information content (AvgIpc) is 3.42. The van der Waals surface area contributed by atoms with E-state index in [4.69, 9.17) is 4.52 Å². The minimum absolute atomic E-state index is 0.174. The molecular formula is C17H15N5OS2. The van der Waals surface area contributed by atoms with Crippen LogP contribution in [0.3, 0.4) is 0 Å². The molecule has 25 heavy (non-hydrogen) atoms. The summed E-state index contributed by atoms with van der Waals surface area (Å²) in [4.78, 5) is 15.2. The summed E-state index contributed by atoms with van der Waals surface area (Å²) < 4.78 is 5.45. The lowest BCUT2D eigenvalue weighted by atomic mass is 10.2. The predicted molar refractivity (Wildman–Crippen MR) is 99.6 cm³/mol. The van der Waals surface area contributed by atoms with Gasteiger partial charge in [0, 0.05) is 11.1 Å². The van der Waals surface area contributed by atoms with Gasteiger partial charge in [0.2, 0.25) is 5.82 Å². The van der Waals surface area contributed by atoms with E-state index in [1.54, 1.807) is 28.9 Å². The van der Waals surface area contributed by atoms with Crippen molar-refractivity contribution in [3.05, 3.63) is 52.4 Å². The predicted octanol–water partition coefficient (Wildman–Crippen LogP) is 4.88. The zero-order valence-corrected chi connectivity index (χ0v) is 15.0. The largest absolute Gasteiger partial charge is 0.362 e. The summed E-state index contributed by atoms with van der Waals surface area (Å²) in [5, 5.41) is 11.6. The molecule has 0 aliphatic heterocycles. The summed E-state index contributed by atoms with van der Waals surface area (Å²) in [7, 11) is 0. The maximum Gasteiger partial charge on any atom is 0.263 e. The number of rotatable bonds is 6. The molecule has 4 aromatic heterocycles. The molecule has 126 valence electrons. The molecule has 0 aromatic carbocycles. The van der Waals surface area contributed by atoms with E-state index in [-0.39, 0.29) is 6.04 Å². The number of nitrogens with one attached hydrogen (secondary N) is 1. The molecule has 0 amide bonds. The Morgan fingerprint density at radius 3 is 2.84 bits per heavy atom. The van der Waals surface area contributed by atoms with E-state index in [1.807, 2.05) is 17.5 Å². The lowest BCUT2D eigenvalue weighted by molar-refractivity contribution is 0.432. The van der Waals surface area contributed by atoms with Gasteiger partial charge >= 0.3 is 0 Å². The first kappa shape index (κ1) is 15.9. The van der Waals surface area contributed by atoms with Crippen LogP contribution in [0.1, 0.15) is 24.3 Å². The van der Waals surface area contributed by atoms with Gasteiger partial charge in [-0.1, -0.05) is 24.2 Å². The Kier molecular flexibility index (Phi) is 4.53. The van der Waals surface area contributed by atoms with Gasteiger partial charge in [-0.15, -0.1) is 22.7 Å². The summed E-state index contributed by atoms with van der Waals surface area (Å²) >= 11 is 3.29. The van der Waals surface area contributed by atoms with Crippen molar-refractivity contribution in [1.82, 2.24) is 20.1 Å². The van der Waals surface area contributed by atoms with Crippen LogP contribution in [-0.4, -0.2) is 20.1 Å². The molecule has 4 rings (SSSR count). The zero-order chi connectivity index (χ0) is 17.1. The number of hydrogen-bond donors (Lipinski definition) is 1. The molecule has 1 unspecified atom stereocenters. The van der Waals surface area contributed by atoms with Crippen LogP contribution in [0.5, 0.6) is 0 Å². The van der Waals surface area contributed by atoms with Crippen LogP contribution < -0.4 is 5.32 Å². The Bertz CT molecular complexity index is 934. The quantitative estimate of drug-likeness (QED) is 0.522. The van der Waals surface area contributed by atoms with Crippen molar-refractivity contribution < 1.29 is 4.52 Å². The Hall–Kier alpha value is -2.58. The summed E-state index contributed by atoms with van der Waals surface area (Å²) in [5.41, 5.74) is 0.702. The molecule has 1 atom stereocenters. The highest BCUT2D eigenvalue weighted by Gasteiger charge is 2.19. The van der Waals surface area contributed by atoms with E-state index in [9.17, 15) is 0 Å². The van der Waals surface area contributed by atoms with Gasteiger partial charge in [-0.3, -0.25) is 0 Å². The smallest absolute Gasteiger partial charge is 0.263 e. The summed E-state index contributed by atoms with van der Waals surface area (Å²) in [6, 6.07) is 8.27. The van der Waals surface area contributed by atoms with Crippen molar-refractivity contribution in [3.63, 3.8) is 0 Å². The second kappa shape index (κ2) is 7.12. The van der Waals surface area contributed by atoms with Crippen molar-refractivity contribution in [3.8, 4) is 22.2 Å². The number of anilines is 1. The van der Waals surface area contributed by atoms with Gasteiger partial charge in [-0.05, 0) is 29.3 Å². The third-order valence-corrected chi connectivity index (χ3v) is 5.57. The highest BCUT2D eigenvalue weighted by Crippen LogP contribution is 2.31. The van der Waals surface area contributed by atoms with Gasteiger partial charge in [0.1, 0.15) is 17.7 Å². The van der Waals surface area contributed by atoms with Gasteiger partial charge in [0.15, 0.2) is 0 Å². The van der Waals surface area contributed by atoms with Gasteiger partial charge in [-0.25, -0.2) is 9.97 Å². The van der Waals surface area contributed by atoms with Crippen LogP contribution in [0.2, 0.25) is 0 Å². The molecule has 0 radical (unpaired) electrons. The van der Waals surface area contributed by atoms with Gasteiger partial charge < -0.3 is 9.84 Å². The minimum Gasteiger partial charge on any atom is -0.362 e. The van der Waals surface area contributed by atoms with Crippen molar-refractivity contribution in [2.45, 2.75) is 19.4 Å². The molecule has 0 spiro atoms. The molecule has 0 saturated heterocycles. The van der Waals surface area contributed by atoms with Crippen LogP contribution in [0, 0.1) is 0 Å². The molecule has 0 fully saturated rings. The molecule has 6 nitrogen and oxygen atoms in total. The van der Waals surface area contributed by atoms with E-state index in [2.05, 4.69) is 49.9 Å². The summed E-state index contributed by atoms with van der Waals surface area (Å²) in [6.45, 7) is 2.14. The molecule has 0 bridgehead atoms. The van der Waals surface area contributed by atoms with E-state index in [1.165, 1.54) is 11.2 Å². The minimum atomic E-state index is 0.174. The number of hydrogen-bond acceptors (Lipinski definition) is 8. The third kappa shape index (κ3) is 3.31. The molecule has 0 aliphatic carbocycles. The normalized spacial score (nSPS) is 12.2. The van der Waals surface area contributed by atoms with Crippen molar-refractivity contribution in [2.75, 3.05) is 5.32 Å². The summed E-state index contributed by atoms with van der Waals surface area (Å²) in [5.74, 6) is 1.68. The zero-order valence-electron chi connectivity index (χ0n) is 13.4. The molecular weight excluding hydrogens is 354 g/mol. The lowest BCUT2D eigenvalue weighted by Crippen LogP contribution is -2.10. The highest BCUT2D eigenvalue weighted by molar-refractivity contribution is 7.13. The number of aromatic nitrogens is 4. The maximum absolute atomic E-state index is 5.45. The van der Waals surface area contributed by atoms with Gasteiger partial charge in [0.25, 0.3) is 5.89 Å².